The largest absolute Gasteiger partial charge is 0.312 e. The predicted molar refractivity (Wildman–Crippen MR) is 76.4 cm³/mol. The van der Waals surface area contributed by atoms with E-state index < -0.39 is 9.84 Å². The topological polar surface area (TPSA) is 81.1 Å². The lowest BCUT2D eigenvalue weighted by molar-refractivity contribution is -0.118. The van der Waals surface area contributed by atoms with Gasteiger partial charge in [-0.1, -0.05) is 6.92 Å². The summed E-state index contributed by atoms with van der Waals surface area (Å²) in [6.45, 7) is 2.46. The smallest absolute Gasteiger partial charge is 0.153 e. The van der Waals surface area contributed by atoms with Crippen molar-refractivity contribution in [2.45, 2.75) is 32.2 Å². The third-order valence-electron chi connectivity index (χ3n) is 3.54. The van der Waals surface area contributed by atoms with Gasteiger partial charge in [0, 0.05) is 38.2 Å². The normalized spacial score (nSPS) is 21.8. The fourth-order valence-corrected chi connectivity index (χ4v) is 3.90. The molecule has 1 atom stereocenters. The van der Waals surface area contributed by atoms with Crippen molar-refractivity contribution in [3.05, 3.63) is 17.5 Å². The Bertz CT molecular complexity index is 592. The Morgan fingerprint density at radius 3 is 2.90 bits per heavy atom. The van der Waals surface area contributed by atoms with Crippen LogP contribution < -0.4 is 5.32 Å². The van der Waals surface area contributed by atoms with Crippen LogP contribution in [-0.4, -0.2) is 48.1 Å². The molecule has 20 heavy (non-hydrogen) atoms. The Kier molecular flexibility index (Phi) is 4.59. The second-order valence-electron chi connectivity index (χ2n) is 5.29. The maximum Gasteiger partial charge on any atom is 0.153 e. The summed E-state index contributed by atoms with van der Waals surface area (Å²) in [5.41, 5.74) is 1.85. The molecule has 0 spiro atoms. The van der Waals surface area contributed by atoms with Crippen LogP contribution in [0.2, 0.25) is 0 Å². The van der Waals surface area contributed by atoms with Crippen LogP contribution in [-0.2, 0) is 34.5 Å². The fourth-order valence-electron chi connectivity index (χ4n) is 2.46. The van der Waals surface area contributed by atoms with E-state index in [1.165, 1.54) is 0 Å². The van der Waals surface area contributed by atoms with E-state index in [2.05, 4.69) is 10.4 Å². The van der Waals surface area contributed by atoms with Crippen molar-refractivity contribution < 1.29 is 13.2 Å². The number of aromatic nitrogens is 2. The zero-order valence-corrected chi connectivity index (χ0v) is 12.7. The van der Waals surface area contributed by atoms with Crippen LogP contribution in [0.1, 0.15) is 24.7 Å². The number of carbonyl (C=O) groups excluding carboxylic acids is 1. The molecule has 1 aromatic heterocycles. The van der Waals surface area contributed by atoms with Gasteiger partial charge in [-0.2, -0.15) is 5.10 Å². The van der Waals surface area contributed by atoms with Crippen molar-refractivity contribution in [3.8, 4) is 0 Å². The first-order valence-corrected chi connectivity index (χ1v) is 8.69. The fraction of sp³-hybridized carbons (Fsp3) is 0.692. The second kappa shape index (κ2) is 6.05. The maximum atomic E-state index is 12.1. The van der Waals surface area contributed by atoms with Crippen LogP contribution >= 0.6 is 0 Å². The van der Waals surface area contributed by atoms with E-state index in [0.29, 0.717) is 13.0 Å². The minimum Gasteiger partial charge on any atom is -0.312 e. The number of ketones is 1. The molecule has 1 N–H and O–H groups in total. The van der Waals surface area contributed by atoms with Gasteiger partial charge < -0.3 is 5.32 Å². The molecule has 0 saturated carbocycles. The molecule has 1 unspecified atom stereocenters. The number of rotatable bonds is 5. The van der Waals surface area contributed by atoms with Crippen molar-refractivity contribution in [1.82, 2.24) is 15.1 Å². The van der Waals surface area contributed by atoms with Crippen molar-refractivity contribution in [2.24, 2.45) is 7.05 Å². The number of nitrogens with one attached hydrogen (secondary N) is 1. The highest BCUT2D eigenvalue weighted by molar-refractivity contribution is 7.91. The summed E-state index contributed by atoms with van der Waals surface area (Å²) in [6.07, 6.45) is 1.40. The Morgan fingerprint density at radius 1 is 1.55 bits per heavy atom. The Hall–Kier alpha value is -1.21. The molecule has 1 aliphatic rings. The summed E-state index contributed by atoms with van der Waals surface area (Å²) < 4.78 is 24.8. The summed E-state index contributed by atoms with van der Waals surface area (Å²) in [6, 6.07) is 1.68. The Labute approximate surface area is 119 Å². The van der Waals surface area contributed by atoms with Gasteiger partial charge >= 0.3 is 0 Å². The third-order valence-corrected chi connectivity index (χ3v) is 5.28. The molecule has 0 aromatic carbocycles. The van der Waals surface area contributed by atoms with E-state index in [0.717, 1.165) is 17.8 Å². The van der Waals surface area contributed by atoms with Gasteiger partial charge in [0.25, 0.3) is 0 Å². The molecular weight excluding hydrogens is 278 g/mol. The summed E-state index contributed by atoms with van der Waals surface area (Å²) in [7, 11) is -1.17. The highest BCUT2D eigenvalue weighted by Gasteiger charge is 2.26. The van der Waals surface area contributed by atoms with Gasteiger partial charge in [0.05, 0.1) is 17.2 Å². The van der Waals surface area contributed by atoms with Crippen LogP contribution in [0.15, 0.2) is 6.07 Å². The van der Waals surface area contributed by atoms with Crippen molar-refractivity contribution in [1.29, 1.82) is 0 Å². The average molecular weight is 299 g/mol. The van der Waals surface area contributed by atoms with Gasteiger partial charge in [0.2, 0.25) is 0 Å². The molecule has 0 bridgehead atoms. The molecule has 0 aliphatic carbocycles. The summed E-state index contributed by atoms with van der Waals surface area (Å²) in [5, 5.41) is 7.40. The van der Waals surface area contributed by atoms with Crippen LogP contribution in [0.5, 0.6) is 0 Å². The summed E-state index contributed by atoms with van der Waals surface area (Å²) in [4.78, 5) is 12.1. The first kappa shape index (κ1) is 15.2. The first-order chi connectivity index (χ1) is 9.39. The SMILES string of the molecule is CCc1cc(CC(=O)CC2CS(=O)(=O)CCN2)n(C)n1. The van der Waals surface area contributed by atoms with Gasteiger partial charge in [0.15, 0.2) is 9.84 Å². The summed E-state index contributed by atoms with van der Waals surface area (Å²) >= 11 is 0. The molecule has 6 nitrogen and oxygen atoms in total. The van der Waals surface area contributed by atoms with Gasteiger partial charge in [-0.25, -0.2) is 8.42 Å². The van der Waals surface area contributed by atoms with Crippen LogP contribution in [0, 0.1) is 0 Å². The molecule has 1 aliphatic heterocycles. The van der Waals surface area contributed by atoms with Crippen molar-refractivity contribution in [2.75, 3.05) is 18.1 Å². The Morgan fingerprint density at radius 2 is 2.30 bits per heavy atom. The van der Waals surface area contributed by atoms with E-state index in [9.17, 15) is 13.2 Å². The lowest BCUT2D eigenvalue weighted by Gasteiger charge is -2.22. The molecule has 1 fully saturated rings. The molecule has 1 saturated heterocycles. The predicted octanol–water partition coefficient (Wildman–Crippen LogP) is -0.129. The van der Waals surface area contributed by atoms with E-state index in [1.54, 1.807) is 4.68 Å². The van der Waals surface area contributed by atoms with Crippen LogP contribution in [0.4, 0.5) is 0 Å². The molecule has 2 heterocycles. The van der Waals surface area contributed by atoms with E-state index in [-0.39, 0.29) is 29.8 Å². The molecule has 0 amide bonds. The number of hydrogen-bond donors (Lipinski definition) is 1. The average Bonchev–Trinajstić information content (AvgIpc) is 2.68. The monoisotopic (exact) mass is 299 g/mol. The zero-order chi connectivity index (χ0) is 14.8. The molecule has 1 aromatic rings. The third kappa shape index (κ3) is 3.89. The zero-order valence-electron chi connectivity index (χ0n) is 11.9. The highest BCUT2D eigenvalue weighted by atomic mass is 32.2. The number of hydrogen-bond acceptors (Lipinski definition) is 5. The van der Waals surface area contributed by atoms with E-state index in [4.69, 9.17) is 0 Å². The van der Waals surface area contributed by atoms with E-state index >= 15 is 0 Å². The first-order valence-electron chi connectivity index (χ1n) is 6.87. The highest BCUT2D eigenvalue weighted by Crippen LogP contribution is 2.10. The van der Waals surface area contributed by atoms with Crippen molar-refractivity contribution >= 4 is 15.6 Å². The second-order valence-corrected chi connectivity index (χ2v) is 7.52. The lowest BCUT2D eigenvalue weighted by Crippen LogP contribution is -2.46. The van der Waals surface area contributed by atoms with Gasteiger partial charge in [0.1, 0.15) is 5.78 Å². The van der Waals surface area contributed by atoms with E-state index in [1.807, 2.05) is 20.0 Å². The summed E-state index contributed by atoms with van der Waals surface area (Å²) in [5.74, 6) is 0.272. The maximum absolute atomic E-state index is 12.1. The van der Waals surface area contributed by atoms with Gasteiger partial charge in [-0.05, 0) is 12.5 Å². The van der Waals surface area contributed by atoms with Crippen LogP contribution in [0.25, 0.3) is 0 Å². The number of sulfone groups is 1. The molecular formula is C13H21N3O3S. The van der Waals surface area contributed by atoms with Crippen LogP contribution in [0.3, 0.4) is 0 Å². The minimum absolute atomic E-state index is 0.0465. The van der Waals surface area contributed by atoms with Crippen molar-refractivity contribution in [3.63, 3.8) is 0 Å². The number of carbonyl (C=O) groups is 1. The quantitative estimate of drug-likeness (QED) is 0.819. The standard InChI is InChI=1S/C13H21N3O3S/c1-3-10-6-12(16(2)15-10)8-13(17)7-11-9-20(18,19)5-4-14-11/h6,11,14H,3-5,7-9H2,1-2H3. The number of nitrogens with zero attached hydrogens (tertiary/aromatic N) is 2. The van der Waals surface area contributed by atoms with Gasteiger partial charge in [-0.15, -0.1) is 0 Å². The molecule has 112 valence electrons. The van der Waals surface area contributed by atoms with Gasteiger partial charge in [-0.3, -0.25) is 9.48 Å². The Balaban J connectivity index is 1.93. The number of Topliss-reactive ketones (excluding diaryl/α,β-unsaturated/α-hetero) is 1. The molecule has 2 rings (SSSR count). The number of aryl methyl sites for hydroxylation is 2. The molecule has 7 heteroatoms. The lowest BCUT2D eigenvalue weighted by atomic mass is 10.1. The minimum atomic E-state index is -2.99. The molecule has 0 radical (unpaired) electrons.